The van der Waals surface area contributed by atoms with Crippen molar-refractivity contribution in [2.75, 3.05) is 21.1 Å². The number of hydrogen-bond donors (Lipinski definition) is 6. The Kier molecular flexibility index (Phi) is 42.4. The minimum absolute atomic E-state index is 0. The molecule has 11 rings (SSSR count). The predicted molar refractivity (Wildman–Crippen MR) is 325 cm³/mol. The van der Waals surface area contributed by atoms with E-state index in [0.29, 0.717) is 0 Å². The van der Waals surface area contributed by atoms with Gasteiger partial charge in [0, 0.05) is 65.0 Å². The molecule has 0 aromatic carbocycles. The summed E-state index contributed by atoms with van der Waals surface area (Å²) in [5, 5.41) is 12.0. The van der Waals surface area contributed by atoms with Gasteiger partial charge in [0.25, 0.3) is 0 Å². The number of hydrogen-bond acceptors (Lipinski definition) is 7. The number of imidazole rings is 5. The molecule has 2 atom stereocenters. The van der Waals surface area contributed by atoms with Crippen molar-refractivity contribution in [2.45, 2.75) is 182 Å². The average molecular weight is 1420 g/mol. The van der Waals surface area contributed by atoms with Crippen molar-refractivity contribution in [3.05, 3.63) is 175 Å². The molecule has 0 radical (unpaired) electrons. The minimum atomic E-state index is 0. The standard InChI is InChI=1S/C20H31N5.C17H30.C12H13N5.C10H19N2.C3H4N2.2HI.K.HN3.N2.H3N.H/c1-3-5-9-22-11-13-24(17-22)15-19-7-8-20(21-19)16-25-14-12-23(18-25)10-6-4-2;1-2-6-14(5-1)11-16-9-10-17(13-16)12-15-7-3-4-8-15;1-2-12(8-17-6-4-14-10-17)15-11(1)7-16-5-3-13-9-16;1-5-9-6-7-10(11-9)8-12(2,3)4;1-2-5-3-4-1;;;;1-3-2;1-2;;/h7-8,11-14,17-18,21H,3-6,9-10,15-16H2,1-2H3;14-17H,1-13H2;1-6,9-10,15H,7-8H2;6-7,11H,5,8H2,1-4H3;1-3H,(H,4,5);2*1H;;1H;;1H3;/q+2;;;+1;;;;+1;;;;-1/p-2/t;16-,17+;;;;;;;;;;. The largest absolute Gasteiger partial charge is 1.00 e. The molecule has 3 saturated carbocycles. The number of aromatic nitrogens is 13. The topological polar surface area (TPSA) is 272 Å². The summed E-state index contributed by atoms with van der Waals surface area (Å²) in [5.74, 6) is 4.52. The second-order valence-corrected chi connectivity index (χ2v) is 23.3. The molecule has 464 valence electrons. The van der Waals surface area contributed by atoms with Crippen molar-refractivity contribution in [1.29, 1.82) is 16.3 Å². The predicted octanol–water partition coefficient (Wildman–Crippen LogP) is 4.34. The minimum Gasteiger partial charge on any atom is -1.00 e. The van der Waals surface area contributed by atoms with Crippen LogP contribution in [0.25, 0.3) is 10.4 Å². The Morgan fingerprint density at radius 1 is 0.612 bits per heavy atom. The Balaban J connectivity index is 0.00000107. The van der Waals surface area contributed by atoms with Crippen LogP contribution in [0.2, 0.25) is 0 Å². The summed E-state index contributed by atoms with van der Waals surface area (Å²) in [6, 6.07) is 13.0. The molecule has 8 aromatic heterocycles. The summed E-state index contributed by atoms with van der Waals surface area (Å²) in [7, 11) is 6.60. The first-order valence-electron chi connectivity index (χ1n) is 29.9. The summed E-state index contributed by atoms with van der Waals surface area (Å²) in [6.07, 6.45) is 55.5. The van der Waals surface area contributed by atoms with Crippen LogP contribution in [0.4, 0.5) is 0 Å². The summed E-state index contributed by atoms with van der Waals surface area (Å²) in [5.41, 5.74) is 19.8. The zero-order valence-corrected chi connectivity index (χ0v) is 59.8. The summed E-state index contributed by atoms with van der Waals surface area (Å²) in [4.78, 5) is 26.6. The number of unbranched alkanes of at least 4 members (excludes halogenated alkanes) is 2. The van der Waals surface area contributed by atoms with E-state index in [1.165, 1.54) is 85.5 Å². The van der Waals surface area contributed by atoms with Crippen LogP contribution in [-0.2, 0) is 52.2 Å². The van der Waals surface area contributed by atoms with Crippen LogP contribution < -0.4 is 115 Å². The quantitative estimate of drug-likeness (QED) is 0.00890. The van der Waals surface area contributed by atoms with E-state index in [-0.39, 0.29) is 107 Å². The van der Waals surface area contributed by atoms with Gasteiger partial charge < -0.3 is 89.1 Å². The SMILES string of the molecule is C1CCC(C[C@H]2CC[C@@H](CC3CCCC3)C2)C1.CCCCn1cc[n+](Cc2ccc(C[n+]3ccn(CCCC)c3)[nH]2)c1.CCc1ccc(C[N+](C)(C)C)[nH]1.N.N#N.[H-].[I-].[I-].[K+].[N-]=[N+]=N.c1c[nH]cn1.c1cn(Cc2ccc(Cn3ccnc3)[nH]2)cn1. The summed E-state index contributed by atoms with van der Waals surface area (Å²) < 4.78 is 14.0. The second kappa shape index (κ2) is 45.8. The molecule has 0 bridgehead atoms. The first-order valence-corrected chi connectivity index (χ1v) is 29.9. The maximum atomic E-state index is 6.86. The molecule has 3 fully saturated rings. The zero-order chi connectivity index (χ0) is 57.9. The van der Waals surface area contributed by atoms with Gasteiger partial charge in [-0.05, 0) is 109 Å². The first kappa shape index (κ1) is 78.6. The van der Waals surface area contributed by atoms with Crippen molar-refractivity contribution in [2.24, 2.45) is 23.7 Å². The molecule has 3 aliphatic rings. The van der Waals surface area contributed by atoms with Gasteiger partial charge in [0.2, 0.25) is 12.7 Å². The molecular formula is C62H102I2KN20+. The number of rotatable bonds is 21. The van der Waals surface area contributed by atoms with E-state index < -0.39 is 0 Å². The molecule has 85 heavy (non-hydrogen) atoms. The van der Waals surface area contributed by atoms with Gasteiger partial charge in [0.1, 0.15) is 44.4 Å². The first-order chi connectivity index (χ1) is 39.5. The molecule has 0 unspecified atom stereocenters. The van der Waals surface area contributed by atoms with Crippen molar-refractivity contribution >= 4 is 0 Å². The van der Waals surface area contributed by atoms with E-state index in [4.69, 9.17) is 21.8 Å². The van der Waals surface area contributed by atoms with Gasteiger partial charge in [-0.15, -0.1) is 5.53 Å². The van der Waals surface area contributed by atoms with E-state index >= 15 is 0 Å². The number of H-pyrrole nitrogens is 4. The summed E-state index contributed by atoms with van der Waals surface area (Å²) >= 11 is 0. The van der Waals surface area contributed by atoms with Gasteiger partial charge in [-0.3, -0.25) is 0 Å². The third kappa shape index (κ3) is 32.4. The summed E-state index contributed by atoms with van der Waals surface area (Å²) in [6.45, 7) is 13.3. The Morgan fingerprint density at radius 3 is 1.40 bits per heavy atom. The molecule has 8 aromatic rings. The van der Waals surface area contributed by atoms with Crippen LogP contribution in [-0.4, -0.2) is 78.8 Å². The monoisotopic (exact) mass is 1420 g/mol. The molecule has 0 spiro atoms. The normalized spacial score (nSPS) is 15.0. The van der Waals surface area contributed by atoms with Crippen LogP contribution in [0.15, 0.2) is 130 Å². The molecule has 0 saturated heterocycles. The molecule has 0 aliphatic heterocycles. The van der Waals surface area contributed by atoms with Crippen molar-refractivity contribution in [3.63, 3.8) is 0 Å². The number of aryl methyl sites for hydroxylation is 3. The second-order valence-electron chi connectivity index (χ2n) is 23.3. The number of halogens is 2. The fourth-order valence-corrected chi connectivity index (χ4v) is 11.5. The Morgan fingerprint density at radius 2 is 1.04 bits per heavy atom. The number of nitrogens with one attached hydrogen (secondary N) is 5. The maximum Gasteiger partial charge on any atom is 1.00 e. The molecule has 8 N–H and O–H groups in total. The average Bonchev–Trinajstić information content (AvgIpc) is 4.43. The van der Waals surface area contributed by atoms with Gasteiger partial charge >= 0.3 is 51.4 Å². The maximum absolute atomic E-state index is 6.86. The van der Waals surface area contributed by atoms with Crippen LogP contribution in [0, 0.1) is 40.0 Å². The Hall–Kier alpha value is -4.36. The molecular weight excluding hydrogens is 1320 g/mol. The van der Waals surface area contributed by atoms with E-state index in [0.717, 1.165) is 80.4 Å². The van der Waals surface area contributed by atoms with Crippen LogP contribution in [0.3, 0.4) is 0 Å². The van der Waals surface area contributed by atoms with Crippen molar-refractivity contribution in [3.8, 4) is 0 Å². The Labute approximate surface area is 585 Å². The van der Waals surface area contributed by atoms with Gasteiger partial charge in [-0.2, -0.15) is 0 Å². The van der Waals surface area contributed by atoms with Gasteiger partial charge in [-0.1, -0.05) is 97.8 Å². The molecule has 23 heteroatoms. The van der Waals surface area contributed by atoms with Gasteiger partial charge in [0.15, 0.2) is 0 Å². The number of aromatic amines is 4. The van der Waals surface area contributed by atoms with E-state index in [2.05, 4.69) is 169 Å². The van der Waals surface area contributed by atoms with Gasteiger partial charge in [0.05, 0.1) is 83.4 Å². The molecule has 8 heterocycles. The molecule has 3 aliphatic carbocycles. The fraction of sp³-hybridized carbons (Fsp3) is 0.565. The van der Waals surface area contributed by atoms with E-state index in [1.807, 2.05) is 34.2 Å². The van der Waals surface area contributed by atoms with Crippen LogP contribution in [0.1, 0.15) is 166 Å². The number of quaternary nitrogens is 1. The van der Waals surface area contributed by atoms with E-state index in [9.17, 15) is 0 Å². The fourth-order valence-electron chi connectivity index (χ4n) is 11.5. The Bertz CT molecular complexity index is 2690. The van der Waals surface area contributed by atoms with Crippen molar-refractivity contribution < 1.29 is 114 Å². The van der Waals surface area contributed by atoms with Crippen molar-refractivity contribution in [1.82, 2.24) is 59.3 Å². The third-order valence-corrected chi connectivity index (χ3v) is 15.3. The van der Waals surface area contributed by atoms with Gasteiger partial charge in [-0.25, -0.2) is 33.2 Å². The van der Waals surface area contributed by atoms with Crippen LogP contribution >= 0.6 is 0 Å². The van der Waals surface area contributed by atoms with E-state index in [1.54, 1.807) is 93.8 Å². The third-order valence-electron chi connectivity index (χ3n) is 15.3. The zero-order valence-electron chi connectivity index (χ0n) is 53.3. The number of nitrogens with zero attached hydrogens (tertiary/aromatic N) is 14. The smallest absolute Gasteiger partial charge is 1.00 e. The van der Waals surface area contributed by atoms with Crippen LogP contribution in [0.5, 0.6) is 0 Å². The molecule has 0 amide bonds. The molecule has 20 nitrogen and oxygen atoms in total.